The Morgan fingerprint density at radius 2 is 2.06 bits per heavy atom. The minimum Gasteiger partial charge on any atom is -0.508 e. The lowest BCUT2D eigenvalue weighted by molar-refractivity contribution is 0.385. The van der Waals surface area contributed by atoms with E-state index in [-0.39, 0.29) is 5.54 Å². The van der Waals surface area contributed by atoms with Crippen LogP contribution >= 0.6 is 0 Å². The van der Waals surface area contributed by atoms with Crippen LogP contribution in [-0.4, -0.2) is 29.6 Å². The first-order chi connectivity index (χ1) is 7.98. The molecule has 0 atom stereocenters. The van der Waals surface area contributed by atoms with Crippen molar-refractivity contribution in [3.63, 3.8) is 0 Å². The molecule has 0 unspecified atom stereocenters. The Morgan fingerprint density at radius 1 is 1.35 bits per heavy atom. The zero-order chi connectivity index (χ0) is 12.5. The summed E-state index contributed by atoms with van der Waals surface area (Å²) in [4.78, 5) is 2.06. The van der Waals surface area contributed by atoms with Gasteiger partial charge in [-0.3, -0.25) is 0 Å². The van der Waals surface area contributed by atoms with E-state index in [2.05, 4.69) is 11.0 Å². The largest absolute Gasteiger partial charge is 0.508 e. The van der Waals surface area contributed by atoms with Gasteiger partial charge < -0.3 is 15.7 Å². The van der Waals surface area contributed by atoms with Crippen molar-refractivity contribution in [3.8, 4) is 5.75 Å². The van der Waals surface area contributed by atoms with Crippen LogP contribution in [0.15, 0.2) is 18.2 Å². The van der Waals surface area contributed by atoms with E-state index in [0.717, 1.165) is 37.8 Å². The van der Waals surface area contributed by atoms with Crippen LogP contribution in [-0.2, 0) is 13.0 Å². The van der Waals surface area contributed by atoms with Gasteiger partial charge in [0.15, 0.2) is 0 Å². The average molecular weight is 234 g/mol. The number of aryl methyl sites for hydroxylation is 1. The number of aromatic hydroxyl groups is 1. The first-order valence-electron chi connectivity index (χ1n) is 6.23. The average Bonchev–Trinajstić information content (AvgIpc) is 2.98. The van der Waals surface area contributed by atoms with Crippen molar-refractivity contribution >= 4 is 0 Å². The normalized spacial score (nSPS) is 17.4. The molecule has 0 saturated heterocycles. The molecule has 0 amide bonds. The highest BCUT2D eigenvalue weighted by Crippen LogP contribution is 2.36. The lowest BCUT2D eigenvalue weighted by atomic mass is 10.0. The Morgan fingerprint density at radius 3 is 2.65 bits per heavy atom. The molecule has 1 aliphatic carbocycles. The van der Waals surface area contributed by atoms with Crippen molar-refractivity contribution in [2.24, 2.45) is 5.73 Å². The smallest absolute Gasteiger partial charge is 0.120 e. The first-order valence-corrected chi connectivity index (χ1v) is 6.23. The van der Waals surface area contributed by atoms with Crippen molar-refractivity contribution in [1.82, 2.24) is 4.90 Å². The lowest BCUT2D eigenvalue weighted by Crippen LogP contribution is -2.22. The number of benzene rings is 1. The lowest BCUT2D eigenvalue weighted by Gasteiger charge is -2.13. The van der Waals surface area contributed by atoms with Gasteiger partial charge in [-0.05, 0) is 51.4 Å². The molecule has 0 aromatic heterocycles. The molecule has 1 aromatic rings. The molecule has 1 fully saturated rings. The highest BCUT2D eigenvalue weighted by Gasteiger charge is 2.37. The quantitative estimate of drug-likeness (QED) is 0.818. The second kappa shape index (κ2) is 4.67. The molecule has 17 heavy (non-hydrogen) atoms. The summed E-state index contributed by atoms with van der Waals surface area (Å²) in [6.45, 7) is 0.771. The van der Waals surface area contributed by atoms with Crippen molar-refractivity contribution in [1.29, 1.82) is 0 Å². The molecule has 1 aliphatic rings. The third-order valence-corrected chi connectivity index (χ3v) is 3.43. The molecule has 0 radical (unpaired) electrons. The maximum absolute atomic E-state index is 9.77. The van der Waals surface area contributed by atoms with Gasteiger partial charge in [0.1, 0.15) is 5.75 Å². The van der Waals surface area contributed by atoms with Crippen LogP contribution in [0.3, 0.4) is 0 Å². The van der Waals surface area contributed by atoms with Crippen molar-refractivity contribution < 1.29 is 5.11 Å². The van der Waals surface area contributed by atoms with Crippen molar-refractivity contribution in [3.05, 3.63) is 29.3 Å². The van der Waals surface area contributed by atoms with Gasteiger partial charge in [-0.1, -0.05) is 12.1 Å². The van der Waals surface area contributed by atoms with E-state index in [0.29, 0.717) is 5.75 Å². The van der Waals surface area contributed by atoms with E-state index in [1.54, 1.807) is 6.07 Å². The van der Waals surface area contributed by atoms with Gasteiger partial charge in [-0.2, -0.15) is 0 Å². The van der Waals surface area contributed by atoms with E-state index < -0.39 is 0 Å². The zero-order valence-corrected chi connectivity index (χ0v) is 10.7. The summed E-state index contributed by atoms with van der Waals surface area (Å²) >= 11 is 0. The van der Waals surface area contributed by atoms with Gasteiger partial charge in [0, 0.05) is 17.6 Å². The molecule has 3 N–H and O–H groups in total. The summed E-state index contributed by atoms with van der Waals surface area (Å²) in [6.07, 6.45) is 4.39. The first kappa shape index (κ1) is 12.4. The summed E-state index contributed by atoms with van der Waals surface area (Å²) < 4.78 is 0. The molecular weight excluding hydrogens is 212 g/mol. The molecule has 0 spiro atoms. The molecule has 0 aliphatic heterocycles. The van der Waals surface area contributed by atoms with Crippen LogP contribution in [0, 0.1) is 0 Å². The number of hydrogen-bond donors (Lipinski definition) is 2. The van der Waals surface area contributed by atoms with E-state index in [9.17, 15) is 5.11 Å². The maximum Gasteiger partial charge on any atom is 0.120 e. The Kier molecular flexibility index (Phi) is 3.40. The molecule has 0 heterocycles. The highest BCUT2D eigenvalue weighted by molar-refractivity contribution is 5.36. The van der Waals surface area contributed by atoms with Crippen molar-refractivity contribution in [2.75, 3.05) is 14.1 Å². The van der Waals surface area contributed by atoms with E-state index >= 15 is 0 Å². The third-order valence-electron chi connectivity index (χ3n) is 3.43. The van der Waals surface area contributed by atoms with Gasteiger partial charge in [0.2, 0.25) is 0 Å². The standard InChI is InChI=1S/C14H22N2O/c1-16(2)10-12-9-11(3-4-13(12)17)5-6-14(15)7-8-14/h3-4,9,17H,5-8,10,15H2,1-2H3. The number of phenols is 1. The summed E-state index contributed by atoms with van der Waals surface area (Å²) in [5, 5.41) is 9.77. The molecule has 94 valence electrons. The minimum absolute atomic E-state index is 0.111. The minimum atomic E-state index is 0.111. The van der Waals surface area contributed by atoms with Gasteiger partial charge in [0.05, 0.1) is 0 Å². The van der Waals surface area contributed by atoms with Crippen LogP contribution < -0.4 is 5.73 Å². The van der Waals surface area contributed by atoms with E-state index in [1.165, 1.54) is 5.56 Å². The summed E-state index contributed by atoms with van der Waals surface area (Å²) in [5.74, 6) is 0.385. The fraction of sp³-hybridized carbons (Fsp3) is 0.571. The third kappa shape index (κ3) is 3.45. The topological polar surface area (TPSA) is 49.5 Å². The molecular formula is C14H22N2O. The fourth-order valence-corrected chi connectivity index (χ4v) is 2.07. The second-order valence-electron chi connectivity index (χ2n) is 5.56. The predicted octanol–water partition coefficient (Wildman–Crippen LogP) is 1.88. The number of nitrogens with zero attached hydrogens (tertiary/aromatic N) is 1. The number of nitrogens with two attached hydrogens (primary N) is 1. The van der Waals surface area contributed by atoms with Gasteiger partial charge in [-0.15, -0.1) is 0 Å². The van der Waals surface area contributed by atoms with Crippen LogP contribution in [0.2, 0.25) is 0 Å². The van der Waals surface area contributed by atoms with Gasteiger partial charge >= 0.3 is 0 Å². The molecule has 1 aromatic carbocycles. The van der Waals surface area contributed by atoms with E-state index in [4.69, 9.17) is 5.73 Å². The Labute approximate surface area is 103 Å². The van der Waals surface area contributed by atoms with Gasteiger partial charge in [-0.25, -0.2) is 0 Å². The number of hydrogen-bond acceptors (Lipinski definition) is 3. The highest BCUT2D eigenvalue weighted by atomic mass is 16.3. The molecule has 3 nitrogen and oxygen atoms in total. The van der Waals surface area contributed by atoms with Crippen LogP contribution in [0.1, 0.15) is 30.4 Å². The van der Waals surface area contributed by atoms with Gasteiger partial charge in [0.25, 0.3) is 0 Å². The Bertz CT molecular complexity index is 397. The molecule has 1 saturated carbocycles. The van der Waals surface area contributed by atoms with Crippen LogP contribution in [0.5, 0.6) is 5.75 Å². The maximum atomic E-state index is 9.77. The second-order valence-corrected chi connectivity index (χ2v) is 5.56. The summed E-state index contributed by atoms with van der Waals surface area (Å²) in [7, 11) is 4.01. The fourth-order valence-electron chi connectivity index (χ4n) is 2.07. The van der Waals surface area contributed by atoms with Crippen molar-refractivity contribution in [2.45, 2.75) is 37.8 Å². The number of phenolic OH excluding ortho intramolecular Hbond substituents is 1. The molecule has 2 rings (SSSR count). The van der Waals surface area contributed by atoms with Crippen LogP contribution in [0.25, 0.3) is 0 Å². The zero-order valence-electron chi connectivity index (χ0n) is 10.7. The predicted molar refractivity (Wildman–Crippen MR) is 70.0 cm³/mol. The Balaban J connectivity index is 2.02. The Hall–Kier alpha value is -1.06. The van der Waals surface area contributed by atoms with E-state index in [1.807, 2.05) is 20.2 Å². The summed E-state index contributed by atoms with van der Waals surface area (Å²) in [6, 6.07) is 5.89. The SMILES string of the molecule is CN(C)Cc1cc(CCC2(N)CC2)ccc1O. The number of rotatable bonds is 5. The molecule has 3 heteroatoms. The summed E-state index contributed by atoms with van der Waals surface area (Å²) in [5.41, 5.74) is 8.47. The molecule has 0 bridgehead atoms. The van der Waals surface area contributed by atoms with Crippen LogP contribution in [0.4, 0.5) is 0 Å². The monoisotopic (exact) mass is 234 g/mol.